The van der Waals surface area contributed by atoms with Gasteiger partial charge in [-0.25, -0.2) is 4.98 Å². The van der Waals surface area contributed by atoms with Crippen molar-refractivity contribution in [1.82, 2.24) is 4.98 Å². The van der Waals surface area contributed by atoms with Crippen LogP contribution >= 0.6 is 11.6 Å². The molecular weight excluding hydrogens is 292 g/mol. The SMILES string of the molecule is Cc1ccc(N)c(NC(=O)C(=O)Nc2cccnc2Cl)c1. The zero-order valence-corrected chi connectivity index (χ0v) is 11.9. The molecule has 1 aromatic heterocycles. The first-order valence-corrected chi connectivity index (χ1v) is 6.44. The Bertz CT molecular complexity index is 703. The third-order valence-electron chi connectivity index (χ3n) is 2.67. The van der Waals surface area contributed by atoms with Crippen LogP contribution in [-0.2, 0) is 9.59 Å². The van der Waals surface area contributed by atoms with Crippen molar-refractivity contribution in [2.45, 2.75) is 6.92 Å². The number of hydrogen-bond acceptors (Lipinski definition) is 4. The summed E-state index contributed by atoms with van der Waals surface area (Å²) in [5.74, 6) is -1.70. The third kappa shape index (κ3) is 3.70. The van der Waals surface area contributed by atoms with Gasteiger partial charge in [-0.05, 0) is 36.8 Å². The summed E-state index contributed by atoms with van der Waals surface area (Å²) >= 11 is 5.80. The lowest BCUT2D eigenvalue weighted by molar-refractivity contribution is -0.132. The van der Waals surface area contributed by atoms with Gasteiger partial charge in [-0.3, -0.25) is 9.59 Å². The molecule has 21 heavy (non-hydrogen) atoms. The van der Waals surface area contributed by atoms with Gasteiger partial charge in [0.05, 0.1) is 17.1 Å². The number of carbonyl (C=O) groups is 2. The summed E-state index contributed by atoms with van der Waals surface area (Å²) in [4.78, 5) is 27.5. The smallest absolute Gasteiger partial charge is 0.314 e. The molecule has 0 spiro atoms. The fourth-order valence-corrected chi connectivity index (χ4v) is 1.78. The Labute approximate surface area is 126 Å². The zero-order chi connectivity index (χ0) is 15.4. The molecule has 2 rings (SSSR count). The fourth-order valence-electron chi connectivity index (χ4n) is 1.62. The van der Waals surface area contributed by atoms with E-state index in [9.17, 15) is 9.59 Å². The number of anilines is 3. The summed E-state index contributed by atoms with van der Waals surface area (Å²) in [5, 5.41) is 4.93. The van der Waals surface area contributed by atoms with Gasteiger partial charge in [0.1, 0.15) is 0 Å². The van der Waals surface area contributed by atoms with E-state index in [4.69, 9.17) is 17.3 Å². The molecule has 1 heterocycles. The molecule has 108 valence electrons. The molecule has 1 aromatic carbocycles. The monoisotopic (exact) mass is 304 g/mol. The van der Waals surface area contributed by atoms with E-state index >= 15 is 0 Å². The molecule has 0 saturated carbocycles. The summed E-state index contributed by atoms with van der Waals surface area (Å²) in [7, 11) is 0. The number of pyridine rings is 1. The van der Waals surface area contributed by atoms with E-state index in [-0.39, 0.29) is 10.8 Å². The minimum Gasteiger partial charge on any atom is -0.397 e. The average molecular weight is 305 g/mol. The molecule has 2 amide bonds. The van der Waals surface area contributed by atoms with E-state index < -0.39 is 11.8 Å². The molecule has 0 bridgehead atoms. The number of aromatic nitrogens is 1. The van der Waals surface area contributed by atoms with Gasteiger partial charge in [0.2, 0.25) is 0 Å². The largest absolute Gasteiger partial charge is 0.397 e. The Hall–Kier alpha value is -2.60. The van der Waals surface area contributed by atoms with Crippen LogP contribution in [0.1, 0.15) is 5.56 Å². The Morgan fingerprint density at radius 3 is 2.48 bits per heavy atom. The molecule has 7 heteroatoms. The lowest BCUT2D eigenvalue weighted by atomic mass is 10.2. The maximum Gasteiger partial charge on any atom is 0.314 e. The summed E-state index contributed by atoms with van der Waals surface area (Å²) in [6, 6.07) is 8.28. The minimum absolute atomic E-state index is 0.105. The number of hydrogen-bond donors (Lipinski definition) is 3. The molecule has 0 aliphatic carbocycles. The molecule has 0 aliphatic rings. The molecule has 0 atom stereocenters. The minimum atomic E-state index is -0.856. The van der Waals surface area contributed by atoms with Crippen molar-refractivity contribution in [1.29, 1.82) is 0 Å². The molecule has 0 saturated heterocycles. The molecular formula is C14H13ClN4O2. The van der Waals surface area contributed by atoms with E-state index in [0.29, 0.717) is 11.4 Å². The summed E-state index contributed by atoms with van der Waals surface area (Å²) in [6.45, 7) is 1.85. The maximum absolute atomic E-state index is 11.8. The molecule has 2 aromatic rings. The molecule has 4 N–H and O–H groups in total. The van der Waals surface area contributed by atoms with Gasteiger partial charge in [0.25, 0.3) is 0 Å². The maximum atomic E-state index is 11.8. The quantitative estimate of drug-likeness (QED) is 0.450. The predicted molar refractivity (Wildman–Crippen MR) is 82.1 cm³/mol. The Morgan fingerprint density at radius 1 is 1.14 bits per heavy atom. The van der Waals surface area contributed by atoms with Gasteiger partial charge in [0.15, 0.2) is 5.15 Å². The highest BCUT2D eigenvalue weighted by Gasteiger charge is 2.16. The number of aryl methyl sites for hydroxylation is 1. The second-order valence-corrected chi connectivity index (χ2v) is 4.70. The van der Waals surface area contributed by atoms with Crippen molar-refractivity contribution in [3.05, 3.63) is 47.2 Å². The van der Waals surface area contributed by atoms with Crippen LogP contribution in [0.2, 0.25) is 5.15 Å². The highest BCUT2D eigenvalue weighted by atomic mass is 35.5. The van der Waals surface area contributed by atoms with E-state index in [0.717, 1.165) is 5.56 Å². The van der Waals surface area contributed by atoms with Crippen molar-refractivity contribution in [3.63, 3.8) is 0 Å². The second-order valence-electron chi connectivity index (χ2n) is 4.34. The van der Waals surface area contributed by atoms with Crippen LogP contribution in [0.4, 0.5) is 17.1 Å². The van der Waals surface area contributed by atoms with Crippen LogP contribution in [0.5, 0.6) is 0 Å². The Kier molecular flexibility index (Phi) is 4.39. The van der Waals surface area contributed by atoms with Gasteiger partial charge in [-0.2, -0.15) is 0 Å². The zero-order valence-electron chi connectivity index (χ0n) is 11.2. The number of nitrogen functional groups attached to an aromatic ring is 1. The summed E-state index contributed by atoms with van der Waals surface area (Å²) in [5.41, 5.74) is 7.67. The van der Waals surface area contributed by atoms with Crippen LogP contribution in [0.3, 0.4) is 0 Å². The van der Waals surface area contributed by atoms with Crippen molar-refractivity contribution >= 4 is 40.5 Å². The van der Waals surface area contributed by atoms with E-state index in [1.807, 2.05) is 6.92 Å². The number of nitrogens with zero attached hydrogens (tertiary/aromatic N) is 1. The first-order chi connectivity index (χ1) is 9.97. The van der Waals surface area contributed by atoms with E-state index in [1.165, 1.54) is 6.20 Å². The predicted octanol–water partition coefficient (Wildman–Crippen LogP) is 2.20. The van der Waals surface area contributed by atoms with Crippen LogP contribution in [-0.4, -0.2) is 16.8 Å². The van der Waals surface area contributed by atoms with Gasteiger partial charge >= 0.3 is 11.8 Å². The lowest BCUT2D eigenvalue weighted by Crippen LogP contribution is -2.29. The van der Waals surface area contributed by atoms with Crippen molar-refractivity contribution in [2.75, 3.05) is 16.4 Å². The second kappa shape index (κ2) is 6.23. The van der Waals surface area contributed by atoms with Crippen LogP contribution in [0, 0.1) is 6.92 Å². The normalized spacial score (nSPS) is 10.0. The van der Waals surface area contributed by atoms with Crippen LogP contribution in [0.15, 0.2) is 36.5 Å². The molecule has 0 radical (unpaired) electrons. The Morgan fingerprint density at radius 2 is 1.81 bits per heavy atom. The van der Waals surface area contributed by atoms with Crippen molar-refractivity contribution in [2.24, 2.45) is 0 Å². The van der Waals surface area contributed by atoms with Gasteiger partial charge in [-0.15, -0.1) is 0 Å². The number of nitrogens with two attached hydrogens (primary N) is 1. The number of carbonyl (C=O) groups excluding carboxylic acids is 2. The van der Waals surface area contributed by atoms with Crippen molar-refractivity contribution in [3.8, 4) is 0 Å². The number of amides is 2. The number of rotatable bonds is 2. The summed E-state index contributed by atoms with van der Waals surface area (Å²) < 4.78 is 0. The first-order valence-electron chi connectivity index (χ1n) is 6.06. The molecule has 0 fully saturated rings. The number of halogens is 1. The van der Waals surface area contributed by atoms with Gasteiger partial charge in [0, 0.05) is 6.20 Å². The van der Waals surface area contributed by atoms with Crippen molar-refractivity contribution < 1.29 is 9.59 Å². The Balaban J connectivity index is 2.08. The average Bonchev–Trinajstić information content (AvgIpc) is 2.45. The standard InChI is InChI=1S/C14H13ClN4O2/c1-8-4-5-9(16)11(7-8)19-14(21)13(20)18-10-3-2-6-17-12(10)15/h2-7H,16H2,1H3,(H,18,20)(H,19,21). The topological polar surface area (TPSA) is 97.1 Å². The first kappa shape index (κ1) is 14.8. The number of benzene rings is 1. The summed E-state index contributed by atoms with van der Waals surface area (Å²) in [6.07, 6.45) is 1.48. The fraction of sp³-hybridized carbons (Fsp3) is 0.0714. The van der Waals surface area contributed by atoms with E-state index in [2.05, 4.69) is 15.6 Å². The number of nitrogens with one attached hydrogen (secondary N) is 2. The van der Waals surface area contributed by atoms with Crippen LogP contribution in [0.25, 0.3) is 0 Å². The third-order valence-corrected chi connectivity index (χ3v) is 2.97. The molecule has 0 aliphatic heterocycles. The molecule has 0 unspecified atom stereocenters. The highest BCUT2D eigenvalue weighted by molar-refractivity contribution is 6.44. The van der Waals surface area contributed by atoms with E-state index in [1.54, 1.807) is 30.3 Å². The van der Waals surface area contributed by atoms with Gasteiger partial charge < -0.3 is 16.4 Å². The highest BCUT2D eigenvalue weighted by Crippen LogP contribution is 2.20. The lowest BCUT2D eigenvalue weighted by Gasteiger charge is -2.09. The molecule has 6 nitrogen and oxygen atoms in total. The van der Waals surface area contributed by atoms with Crippen LogP contribution < -0.4 is 16.4 Å². The van der Waals surface area contributed by atoms with Gasteiger partial charge in [-0.1, -0.05) is 17.7 Å².